The normalized spacial score (nSPS) is 9.60. The van der Waals surface area contributed by atoms with Crippen LogP contribution in [0.2, 0.25) is 0 Å². The van der Waals surface area contributed by atoms with Crippen molar-refractivity contribution in [2.24, 2.45) is 0 Å². The SMILES string of the molecule is CC.Cc1ccc2c(=O)[nH]cnc2c1I. The summed E-state index contributed by atoms with van der Waals surface area (Å²) in [4.78, 5) is 18.0. The summed E-state index contributed by atoms with van der Waals surface area (Å²) in [6.45, 7) is 6.00. The molecule has 0 aliphatic carbocycles. The number of benzene rings is 1. The fraction of sp³-hybridized carbons (Fsp3) is 0.273. The van der Waals surface area contributed by atoms with Gasteiger partial charge in [-0.1, -0.05) is 19.9 Å². The molecule has 0 aliphatic rings. The molecule has 1 N–H and O–H groups in total. The standard InChI is InChI=1S/C9H7IN2O.C2H6/c1-5-2-3-6-8(7(5)10)11-4-12-9(6)13;1-2/h2-4H,1H3,(H,11,12,13);1-2H3. The van der Waals surface area contributed by atoms with E-state index in [1.807, 2.05) is 26.8 Å². The third kappa shape index (κ3) is 2.37. The van der Waals surface area contributed by atoms with Crippen LogP contribution in [-0.4, -0.2) is 9.97 Å². The Balaban J connectivity index is 0.000000531. The number of nitrogens with zero attached hydrogens (tertiary/aromatic N) is 1. The van der Waals surface area contributed by atoms with Gasteiger partial charge in [0.1, 0.15) is 0 Å². The Labute approximate surface area is 102 Å². The summed E-state index contributed by atoms with van der Waals surface area (Å²) in [6.07, 6.45) is 1.44. The zero-order valence-corrected chi connectivity index (χ0v) is 11.1. The minimum Gasteiger partial charge on any atom is -0.313 e. The zero-order chi connectivity index (χ0) is 11.4. The molecule has 3 nitrogen and oxygen atoms in total. The predicted molar refractivity (Wildman–Crippen MR) is 71.2 cm³/mol. The van der Waals surface area contributed by atoms with Gasteiger partial charge in [0.05, 0.1) is 17.2 Å². The van der Waals surface area contributed by atoms with E-state index in [1.165, 1.54) is 6.33 Å². The second-order valence-electron chi connectivity index (χ2n) is 2.82. The van der Waals surface area contributed by atoms with Crippen molar-refractivity contribution in [1.29, 1.82) is 0 Å². The van der Waals surface area contributed by atoms with Crippen molar-refractivity contribution in [3.05, 3.63) is 37.9 Å². The molecule has 2 rings (SSSR count). The molecule has 0 amide bonds. The Morgan fingerprint density at radius 3 is 2.67 bits per heavy atom. The van der Waals surface area contributed by atoms with Crippen LogP contribution in [0.4, 0.5) is 0 Å². The maximum atomic E-state index is 11.3. The lowest BCUT2D eigenvalue weighted by Crippen LogP contribution is -2.07. The number of fused-ring (bicyclic) bond motifs is 1. The Hall–Kier alpha value is -0.910. The first-order chi connectivity index (χ1) is 7.20. The molecule has 0 spiro atoms. The molecular weight excluding hydrogens is 303 g/mol. The van der Waals surface area contributed by atoms with Crippen LogP contribution in [0.5, 0.6) is 0 Å². The van der Waals surface area contributed by atoms with E-state index in [9.17, 15) is 4.79 Å². The molecule has 0 radical (unpaired) electrons. The molecule has 0 saturated carbocycles. The van der Waals surface area contributed by atoms with E-state index in [2.05, 4.69) is 32.6 Å². The van der Waals surface area contributed by atoms with Crippen LogP contribution in [0.15, 0.2) is 23.3 Å². The summed E-state index contributed by atoms with van der Waals surface area (Å²) in [5.41, 5.74) is 1.85. The van der Waals surface area contributed by atoms with Crippen LogP contribution in [-0.2, 0) is 0 Å². The van der Waals surface area contributed by atoms with Gasteiger partial charge in [0.25, 0.3) is 5.56 Å². The first kappa shape index (κ1) is 12.2. The van der Waals surface area contributed by atoms with Gasteiger partial charge in [-0.15, -0.1) is 0 Å². The predicted octanol–water partition coefficient (Wildman–Crippen LogP) is 2.86. The monoisotopic (exact) mass is 316 g/mol. The van der Waals surface area contributed by atoms with E-state index in [1.54, 1.807) is 6.07 Å². The molecule has 0 fully saturated rings. The number of aromatic nitrogens is 2. The lowest BCUT2D eigenvalue weighted by Gasteiger charge is -2.00. The molecular formula is C11H13IN2O. The highest BCUT2D eigenvalue weighted by molar-refractivity contribution is 14.1. The number of aromatic amines is 1. The highest BCUT2D eigenvalue weighted by Crippen LogP contribution is 2.18. The van der Waals surface area contributed by atoms with Crippen molar-refractivity contribution in [3.8, 4) is 0 Å². The van der Waals surface area contributed by atoms with Gasteiger partial charge in [-0.25, -0.2) is 4.98 Å². The summed E-state index contributed by atoms with van der Waals surface area (Å²) in [7, 11) is 0. The van der Waals surface area contributed by atoms with Crippen LogP contribution in [0.1, 0.15) is 19.4 Å². The van der Waals surface area contributed by atoms with Crippen LogP contribution >= 0.6 is 22.6 Å². The molecule has 0 saturated heterocycles. The average Bonchev–Trinajstić information content (AvgIpc) is 2.27. The van der Waals surface area contributed by atoms with E-state index in [4.69, 9.17) is 0 Å². The van der Waals surface area contributed by atoms with Gasteiger partial charge in [0, 0.05) is 3.57 Å². The van der Waals surface area contributed by atoms with Crippen molar-refractivity contribution >= 4 is 33.5 Å². The van der Waals surface area contributed by atoms with Crippen LogP contribution in [0, 0.1) is 10.5 Å². The second kappa shape index (κ2) is 5.25. The fourth-order valence-corrected chi connectivity index (χ4v) is 1.82. The topological polar surface area (TPSA) is 45.8 Å². The van der Waals surface area contributed by atoms with Crippen molar-refractivity contribution < 1.29 is 0 Å². The number of halogens is 1. The van der Waals surface area contributed by atoms with Gasteiger partial charge in [-0.3, -0.25) is 4.79 Å². The van der Waals surface area contributed by atoms with Gasteiger partial charge in [0.15, 0.2) is 0 Å². The van der Waals surface area contributed by atoms with E-state index >= 15 is 0 Å². The fourth-order valence-electron chi connectivity index (χ4n) is 1.21. The summed E-state index contributed by atoms with van der Waals surface area (Å²) in [5, 5.41) is 0.650. The molecule has 4 heteroatoms. The molecule has 0 bridgehead atoms. The Morgan fingerprint density at radius 1 is 1.33 bits per heavy atom. The van der Waals surface area contributed by atoms with Crippen LogP contribution < -0.4 is 5.56 Å². The van der Waals surface area contributed by atoms with E-state index in [0.717, 1.165) is 14.7 Å². The van der Waals surface area contributed by atoms with Gasteiger partial charge in [0.2, 0.25) is 0 Å². The molecule has 15 heavy (non-hydrogen) atoms. The number of rotatable bonds is 0. The number of hydrogen-bond acceptors (Lipinski definition) is 2. The number of aryl methyl sites for hydroxylation is 1. The smallest absolute Gasteiger partial charge is 0.258 e. The Kier molecular flexibility index (Phi) is 4.26. The van der Waals surface area contributed by atoms with Gasteiger partial charge < -0.3 is 4.98 Å². The maximum Gasteiger partial charge on any atom is 0.258 e. The van der Waals surface area contributed by atoms with Crippen molar-refractivity contribution in [2.45, 2.75) is 20.8 Å². The second-order valence-corrected chi connectivity index (χ2v) is 3.90. The summed E-state index contributed by atoms with van der Waals surface area (Å²) in [6, 6.07) is 3.74. The molecule has 0 atom stereocenters. The lowest BCUT2D eigenvalue weighted by molar-refractivity contribution is 1.16. The third-order valence-electron chi connectivity index (χ3n) is 1.94. The Morgan fingerprint density at radius 2 is 2.00 bits per heavy atom. The molecule has 1 aromatic carbocycles. The first-order valence-electron chi connectivity index (χ1n) is 4.82. The third-order valence-corrected chi connectivity index (χ3v) is 3.30. The number of nitrogens with one attached hydrogen (secondary N) is 1. The maximum absolute atomic E-state index is 11.3. The molecule has 0 aliphatic heterocycles. The van der Waals surface area contributed by atoms with E-state index < -0.39 is 0 Å². The van der Waals surface area contributed by atoms with Crippen molar-refractivity contribution in [1.82, 2.24) is 9.97 Å². The molecule has 0 unspecified atom stereocenters. The summed E-state index contributed by atoms with van der Waals surface area (Å²) in [5.74, 6) is 0. The average molecular weight is 316 g/mol. The molecule has 1 aromatic heterocycles. The van der Waals surface area contributed by atoms with Gasteiger partial charge >= 0.3 is 0 Å². The van der Waals surface area contributed by atoms with Gasteiger partial charge in [-0.05, 0) is 41.1 Å². The molecule has 1 heterocycles. The molecule has 2 aromatic rings. The summed E-state index contributed by atoms with van der Waals surface area (Å²) < 4.78 is 1.04. The minimum atomic E-state index is -0.0806. The van der Waals surface area contributed by atoms with Crippen molar-refractivity contribution in [3.63, 3.8) is 0 Å². The van der Waals surface area contributed by atoms with E-state index in [-0.39, 0.29) is 5.56 Å². The van der Waals surface area contributed by atoms with Gasteiger partial charge in [-0.2, -0.15) is 0 Å². The van der Waals surface area contributed by atoms with E-state index in [0.29, 0.717) is 5.39 Å². The quantitative estimate of drug-likeness (QED) is 0.760. The van der Waals surface area contributed by atoms with Crippen LogP contribution in [0.3, 0.4) is 0 Å². The number of hydrogen-bond donors (Lipinski definition) is 1. The summed E-state index contributed by atoms with van der Waals surface area (Å²) >= 11 is 2.20. The highest BCUT2D eigenvalue weighted by Gasteiger charge is 2.04. The van der Waals surface area contributed by atoms with Crippen LogP contribution in [0.25, 0.3) is 10.9 Å². The first-order valence-corrected chi connectivity index (χ1v) is 5.90. The Bertz CT molecular complexity index is 519. The van der Waals surface area contributed by atoms with Crippen molar-refractivity contribution in [2.75, 3.05) is 0 Å². The highest BCUT2D eigenvalue weighted by atomic mass is 127. The minimum absolute atomic E-state index is 0.0806. The largest absolute Gasteiger partial charge is 0.313 e. The lowest BCUT2D eigenvalue weighted by atomic mass is 10.2. The number of H-pyrrole nitrogens is 1. The zero-order valence-electron chi connectivity index (χ0n) is 8.97. The molecule has 80 valence electrons.